The molecule has 4 nitrogen and oxygen atoms in total. The van der Waals surface area contributed by atoms with Gasteiger partial charge in [-0.3, -0.25) is 0 Å². The predicted octanol–water partition coefficient (Wildman–Crippen LogP) is 1.83. The maximum atomic E-state index is 11.8. The number of Topliss-reactive ketones (excluding diaryl/α,β-unsaturated/α-hetero) is 1. The normalized spacial score (nSPS) is 27.6. The molecule has 0 aliphatic heterocycles. The summed E-state index contributed by atoms with van der Waals surface area (Å²) in [7, 11) is 1.86. The number of alkyl halides is 1. The molecule has 0 amide bonds. The molecule has 0 aromatic carbocycles. The molecule has 0 heterocycles. The molecule has 5 heteroatoms. The van der Waals surface area contributed by atoms with Crippen molar-refractivity contribution >= 4 is 27.7 Å². The number of nitrogens with one attached hydrogen (secondary N) is 1. The first-order valence-corrected chi connectivity index (χ1v) is 7.09. The average molecular weight is 318 g/mol. The summed E-state index contributed by atoms with van der Waals surface area (Å²) in [5.41, 5.74) is 0.665. The Morgan fingerprint density at radius 3 is 2.72 bits per heavy atom. The van der Waals surface area contributed by atoms with Crippen LogP contribution in [0.25, 0.3) is 0 Å². The molecular weight excluding hydrogens is 298 g/mol. The van der Waals surface area contributed by atoms with E-state index in [4.69, 9.17) is 4.74 Å². The van der Waals surface area contributed by atoms with Crippen molar-refractivity contribution in [1.29, 1.82) is 0 Å². The number of carbonyl (C=O) groups excluding carboxylic acids is 2. The van der Waals surface area contributed by atoms with E-state index in [9.17, 15) is 9.59 Å². The van der Waals surface area contributed by atoms with Gasteiger partial charge in [-0.25, -0.2) is 4.79 Å². The Morgan fingerprint density at radius 2 is 2.22 bits per heavy atom. The summed E-state index contributed by atoms with van der Waals surface area (Å²) in [6.07, 6.45) is 2.95. The molecule has 0 aromatic rings. The number of rotatable bonds is 5. The molecule has 1 aliphatic carbocycles. The van der Waals surface area contributed by atoms with Crippen LogP contribution in [0.1, 0.15) is 26.7 Å². The van der Waals surface area contributed by atoms with Crippen LogP contribution in [0.2, 0.25) is 0 Å². The maximum absolute atomic E-state index is 11.8. The van der Waals surface area contributed by atoms with Gasteiger partial charge in [-0.15, -0.1) is 0 Å². The van der Waals surface area contributed by atoms with Crippen molar-refractivity contribution in [1.82, 2.24) is 5.32 Å². The van der Waals surface area contributed by atoms with Gasteiger partial charge in [0, 0.05) is 22.9 Å². The monoisotopic (exact) mass is 317 g/mol. The Hall–Kier alpha value is -0.680. The first-order valence-electron chi connectivity index (χ1n) is 6.18. The quantitative estimate of drug-likeness (QED) is 0.621. The van der Waals surface area contributed by atoms with E-state index in [-0.39, 0.29) is 28.5 Å². The van der Waals surface area contributed by atoms with Crippen molar-refractivity contribution < 1.29 is 14.3 Å². The predicted molar refractivity (Wildman–Crippen MR) is 73.7 cm³/mol. The second-order valence-electron chi connectivity index (χ2n) is 4.53. The number of ketones is 1. The molecule has 1 aliphatic rings. The minimum absolute atomic E-state index is 0.0353. The van der Waals surface area contributed by atoms with E-state index in [0.29, 0.717) is 25.0 Å². The lowest BCUT2D eigenvalue weighted by molar-refractivity contribution is -0.139. The Morgan fingerprint density at radius 1 is 1.56 bits per heavy atom. The maximum Gasteiger partial charge on any atom is 0.333 e. The third kappa shape index (κ3) is 3.92. The highest BCUT2D eigenvalue weighted by Gasteiger charge is 2.33. The van der Waals surface area contributed by atoms with E-state index in [0.717, 1.165) is 0 Å². The van der Waals surface area contributed by atoms with Gasteiger partial charge in [0.2, 0.25) is 0 Å². The summed E-state index contributed by atoms with van der Waals surface area (Å²) in [6.45, 7) is 3.73. The molecule has 0 unspecified atom stereocenters. The van der Waals surface area contributed by atoms with Gasteiger partial charge in [-0.05, 0) is 33.2 Å². The van der Waals surface area contributed by atoms with Gasteiger partial charge >= 0.3 is 5.97 Å². The van der Waals surface area contributed by atoms with Crippen molar-refractivity contribution in [3.63, 3.8) is 0 Å². The lowest BCUT2D eigenvalue weighted by Gasteiger charge is -2.32. The van der Waals surface area contributed by atoms with Crippen LogP contribution in [0.4, 0.5) is 0 Å². The second-order valence-corrected chi connectivity index (χ2v) is 5.58. The minimum atomic E-state index is -0.272. The molecule has 102 valence electrons. The van der Waals surface area contributed by atoms with Crippen molar-refractivity contribution in [3.05, 3.63) is 11.6 Å². The molecule has 18 heavy (non-hydrogen) atoms. The van der Waals surface area contributed by atoms with E-state index < -0.39 is 0 Å². The number of hydrogen-bond donors (Lipinski definition) is 1. The first kappa shape index (κ1) is 15.4. The molecule has 1 N–H and O–H groups in total. The number of halogens is 1. The Kier molecular flexibility index (Phi) is 6.02. The third-order valence-electron chi connectivity index (χ3n) is 3.08. The van der Waals surface area contributed by atoms with Crippen molar-refractivity contribution in [2.75, 3.05) is 13.7 Å². The summed E-state index contributed by atoms with van der Waals surface area (Å²) >= 11 is 3.61. The van der Waals surface area contributed by atoms with Crippen molar-refractivity contribution in [2.24, 2.45) is 5.92 Å². The number of allylic oxidation sites excluding steroid dienone is 1. The average Bonchev–Trinajstić information content (AvgIpc) is 2.31. The molecule has 0 bridgehead atoms. The van der Waals surface area contributed by atoms with Gasteiger partial charge in [-0.2, -0.15) is 0 Å². The zero-order valence-electron chi connectivity index (χ0n) is 11.0. The van der Waals surface area contributed by atoms with Crippen LogP contribution < -0.4 is 5.32 Å². The number of carbonyl (C=O) groups is 2. The van der Waals surface area contributed by atoms with Gasteiger partial charge in [0.25, 0.3) is 0 Å². The zero-order valence-corrected chi connectivity index (χ0v) is 12.6. The van der Waals surface area contributed by atoms with Crippen LogP contribution in [0, 0.1) is 5.92 Å². The lowest BCUT2D eigenvalue weighted by atomic mass is 9.84. The van der Waals surface area contributed by atoms with Gasteiger partial charge in [0.15, 0.2) is 0 Å². The van der Waals surface area contributed by atoms with Crippen LogP contribution >= 0.6 is 15.9 Å². The Bertz CT molecular complexity index is 354. The molecule has 0 aromatic heterocycles. The molecule has 3 atom stereocenters. The fourth-order valence-electron chi connectivity index (χ4n) is 2.21. The largest absolute Gasteiger partial charge is 0.463 e. The van der Waals surface area contributed by atoms with Gasteiger partial charge < -0.3 is 14.8 Å². The number of esters is 1. The van der Waals surface area contributed by atoms with E-state index in [2.05, 4.69) is 21.2 Å². The fraction of sp³-hybridized carbons (Fsp3) is 0.692. The molecule has 0 saturated carbocycles. The van der Waals surface area contributed by atoms with Crippen LogP contribution in [0.3, 0.4) is 0 Å². The minimum Gasteiger partial charge on any atom is -0.463 e. The van der Waals surface area contributed by atoms with Gasteiger partial charge in [-0.1, -0.05) is 22.0 Å². The zero-order chi connectivity index (χ0) is 13.7. The van der Waals surface area contributed by atoms with Crippen molar-refractivity contribution in [2.45, 2.75) is 37.6 Å². The number of hydrogen-bond acceptors (Lipinski definition) is 4. The SMILES string of the molecule is CCOC(=O)C1=C[C@H](CC(C)=O)[C@@H](Br)[C@@H](NC)C1. The van der Waals surface area contributed by atoms with Gasteiger partial charge in [0.05, 0.1) is 6.61 Å². The topological polar surface area (TPSA) is 55.4 Å². The molecule has 0 radical (unpaired) electrons. The van der Waals surface area contributed by atoms with E-state index in [1.165, 1.54) is 0 Å². The van der Waals surface area contributed by atoms with E-state index in [1.54, 1.807) is 13.8 Å². The Balaban J connectivity index is 2.89. The van der Waals surface area contributed by atoms with Crippen molar-refractivity contribution in [3.8, 4) is 0 Å². The molecule has 0 fully saturated rings. The molecule has 0 saturated heterocycles. The third-order valence-corrected chi connectivity index (χ3v) is 4.40. The fourth-order valence-corrected chi connectivity index (χ4v) is 3.00. The molecule has 0 spiro atoms. The highest BCUT2D eigenvalue weighted by Crippen LogP contribution is 2.32. The summed E-state index contributed by atoms with van der Waals surface area (Å²) in [4.78, 5) is 23.2. The van der Waals surface area contributed by atoms with Crippen LogP contribution in [0.15, 0.2) is 11.6 Å². The standard InChI is InChI=1S/C13H20BrNO3/c1-4-18-13(17)10-6-9(5-8(2)16)12(14)11(7-10)15-3/h6,9,11-12,15H,4-5,7H2,1-3H3/t9-,11-,12+/m0/s1. The number of ether oxygens (including phenoxy) is 1. The smallest absolute Gasteiger partial charge is 0.333 e. The first-order chi connectivity index (χ1) is 8.49. The second kappa shape index (κ2) is 7.04. The van der Waals surface area contributed by atoms with Crippen LogP contribution in [0.5, 0.6) is 0 Å². The van der Waals surface area contributed by atoms with Gasteiger partial charge in [0.1, 0.15) is 5.78 Å². The Labute approximate surface area is 116 Å². The van der Waals surface area contributed by atoms with Crippen LogP contribution in [-0.4, -0.2) is 36.3 Å². The van der Waals surface area contributed by atoms with Crippen LogP contribution in [-0.2, 0) is 14.3 Å². The molecule has 1 rings (SSSR count). The van der Waals surface area contributed by atoms with E-state index >= 15 is 0 Å². The molecular formula is C13H20BrNO3. The summed E-state index contributed by atoms with van der Waals surface area (Å²) < 4.78 is 5.03. The summed E-state index contributed by atoms with van der Waals surface area (Å²) in [5, 5.41) is 3.18. The summed E-state index contributed by atoms with van der Waals surface area (Å²) in [6, 6.07) is 0.138. The highest BCUT2D eigenvalue weighted by atomic mass is 79.9. The lowest BCUT2D eigenvalue weighted by Crippen LogP contribution is -2.42. The van der Waals surface area contributed by atoms with E-state index in [1.807, 2.05) is 13.1 Å². The summed E-state index contributed by atoms with van der Waals surface area (Å²) in [5.74, 6) is -0.112. The highest BCUT2D eigenvalue weighted by molar-refractivity contribution is 9.09.